The van der Waals surface area contributed by atoms with E-state index in [-0.39, 0.29) is 5.54 Å². The normalized spacial score (nSPS) is 22.2. The molecule has 0 atom stereocenters. The molecule has 0 spiro atoms. The van der Waals surface area contributed by atoms with Crippen LogP contribution in [0.2, 0.25) is 0 Å². The molecule has 0 radical (unpaired) electrons. The first-order valence-corrected chi connectivity index (χ1v) is 8.15. The number of likely N-dealkylation sites (tertiary alicyclic amines) is 1. The van der Waals surface area contributed by atoms with E-state index in [4.69, 9.17) is 0 Å². The number of ketones is 1. The second kappa shape index (κ2) is 5.69. The molecule has 0 aromatic heterocycles. The Labute approximate surface area is 122 Å². The highest BCUT2D eigenvalue weighted by Gasteiger charge is 2.46. The van der Waals surface area contributed by atoms with Gasteiger partial charge in [0.15, 0.2) is 5.78 Å². The molecule has 1 aromatic rings. The maximum atomic E-state index is 13.1. The van der Waals surface area contributed by atoms with Crippen molar-refractivity contribution in [2.75, 3.05) is 13.1 Å². The van der Waals surface area contributed by atoms with E-state index in [9.17, 15) is 4.79 Å². The lowest BCUT2D eigenvalue weighted by Gasteiger charge is -2.37. The summed E-state index contributed by atoms with van der Waals surface area (Å²) in [5.41, 5.74) is 2.05. The van der Waals surface area contributed by atoms with E-state index >= 15 is 0 Å². The third-order valence-corrected chi connectivity index (χ3v) is 5.19. The fourth-order valence-electron chi connectivity index (χ4n) is 3.95. The zero-order valence-electron chi connectivity index (χ0n) is 12.5. The number of carbonyl (C=O) groups excluding carboxylic acids is 1. The molecule has 108 valence electrons. The molecule has 1 aliphatic carbocycles. The van der Waals surface area contributed by atoms with Crippen molar-refractivity contribution >= 4 is 5.78 Å². The fraction of sp³-hybridized carbons (Fsp3) is 0.611. The summed E-state index contributed by atoms with van der Waals surface area (Å²) in [5, 5.41) is 0. The van der Waals surface area contributed by atoms with Gasteiger partial charge in [0.1, 0.15) is 0 Å². The van der Waals surface area contributed by atoms with Crippen LogP contribution in [0.15, 0.2) is 24.3 Å². The standard InChI is InChI=1S/C18H25NO/c1-2-15-7-9-16(10-8-15)17(20)18(11-3-4-12-18)19-13-5-6-14-19/h7-10H,2-6,11-14H2,1H3. The zero-order chi connectivity index (χ0) is 14.0. The lowest BCUT2D eigenvalue weighted by molar-refractivity contribution is 0.0626. The topological polar surface area (TPSA) is 20.3 Å². The van der Waals surface area contributed by atoms with Crippen LogP contribution in [0, 0.1) is 0 Å². The van der Waals surface area contributed by atoms with Gasteiger partial charge in [-0.1, -0.05) is 44.0 Å². The summed E-state index contributed by atoms with van der Waals surface area (Å²) >= 11 is 0. The van der Waals surface area contributed by atoms with Crippen molar-refractivity contribution in [3.05, 3.63) is 35.4 Å². The van der Waals surface area contributed by atoms with Crippen molar-refractivity contribution in [3.63, 3.8) is 0 Å². The maximum Gasteiger partial charge on any atom is 0.183 e. The summed E-state index contributed by atoms with van der Waals surface area (Å²) in [6.45, 7) is 4.37. The molecule has 0 amide bonds. The van der Waals surface area contributed by atoms with Gasteiger partial charge in [0.25, 0.3) is 0 Å². The molecule has 0 unspecified atom stereocenters. The van der Waals surface area contributed by atoms with Crippen molar-refractivity contribution < 1.29 is 4.79 Å². The highest BCUT2D eigenvalue weighted by molar-refractivity contribution is 6.03. The molecule has 3 rings (SSSR count). The van der Waals surface area contributed by atoms with E-state index in [0.29, 0.717) is 5.78 Å². The van der Waals surface area contributed by atoms with Crippen LogP contribution in [0.3, 0.4) is 0 Å². The molecule has 20 heavy (non-hydrogen) atoms. The van der Waals surface area contributed by atoms with E-state index in [2.05, 4.69) is 24.0 Å². The highest BCUT2D eigenvalue weighted by Crippen LogP contribution is 2.39. The van der Waals surface area contributed by atoms with Crippen molar-refractivity contribution in [1.29, 1.82) is 0 Å². The van der Waals surface area contributed by atoms with Crippen molar-refractivity contribution in [1.82, 2.24) is 4.90 Å². The minimum absolute atomic E-state index is 0.176. The predicted octanol–water partition coefficient (Wildman–Crippen LogP) is 3.84. The molecule has 1 saturated heterocycles. The molecule has 1 saturated carbocycles. The van der Waals surface area contributed by atoms with Crippen molar-refractivity contribution in [3.8, 4) is 0 Å². The smallest absolute Gasteiger partial charge is 0.183 e. The molecule has 1 aromatic carbocycles. The largest absolute Gasteiger partial charge is 0.292 e. The minimum atomic E-state index is -0.176. The number of carbonyl (C=O) groups is 1. The number of hydrogen-bond acceptors (Lipinski definition) is 2. The molecule has 1 heterocycles. The average Bonchev–Trinajstić information content (AvgIpc) is 3.18. The van der Waals surface area contributed by atoms with Gasteiger partial charge in [-0.05, 0) is 50.8 Å². The predicted molar refractivity (Wildman–Crippen MR) is 82.2 cm³/mol. The number of rotatable bonds is 4. The zero-order valence-corrected chi connectivity index (χ0v) is 12.5. The summed E-state index contributed by atoms with van der Waals surface area (Å²) in [5.74, 6) is 0.375. The number of hydrogen-bond donors (Lipinski definition) is 0. The lowest BCUT2D eigenvalue weighted by atomic mass is 9.85. The Morgan fingerprint density at radius 3 is 2.20 bits per heavy atom. The van der Waals surface area contributed by atoms with Crippen LogP contribution < -0.4 is 0 Å². The second-order valence-corrected chi connectivity index (χ2v) is 6.31. The molecule has 0 bridgehead atoms. The van der Waals surface area contributed by atoms with Crippen LogP contribution in [0.1, 0.15) is 61.4 Å². The summed E-state index contributed by atoms with van der Waals surface area (Å²) in [4.78, 5) is 15.6. The molecule has 2 nitrogen and oxygen atoms in total. The van der Waals surface area contributed by atoms with Gasteiger partial charge in [-0.15, -0.1) is 0 Å². The van der Waals surface area contributed by atoms with E-state index in [1.807, 2.05) is 12.1 Å². The summed E-state index contributed by atoms with van der Waals surface area (Å²) in [6.07, 6.45) is 8.06. The Kier molecular flexibility index (Phi) is 3.93. The first kappa shape index (κ1) is 13.8. The van der Waals surface area contributed by atoms with E-state index in [0.717, 1.165) is 37.9 Å². The lowest BCUT2D eigenvalue weighted by Crippen LogP contribution is -2.51. The van der Waals surface area contributed by atoms with Crippen LogP contribution in [0.4, 0.5) is 0 Å². The molecule has 2 aliphatic rings. The summed E-state index contributed by atoms with van der Waals surface area (Å²) < 4.78 is 0. The number of Topliss-reactive ketones (excluding diaryl/α,β-unsaturated/α-hetero) is 1. The molecular weight excluding hydrogens is 246 g/mol. The van der Waals surface area contributed by atoms with Gasteiger partial charge >= 0.3 is 0 Å². The van der Waals surface area contributed by atoms with E-state index < -0.39 is 0 Å². The fourth-order valence-corrected chi connectivity index (χ4v) is 3.95. The van der Waals surface area contributed by atoms with Gasteiger partial charge in [-0.2, -0.15) is 0 Å². The number of aryl methyl sites for hydroxylation is 1. The second-order valence-electron chi connectivity index (χ2n) is 6.31. The molecule has 2 fully saturated rings. The quantitative estimate of drug-likeness (QED) is 0.775. The number of benzene rings is 1. The van der Waals surface area contributed by atoms with Crippen LogP contribution in [0.25, 0.3) is 0 Å². The molecule has 0 N–H and O–H groups in total. The Morgan fingerprint density at radius 2 is 1.65 bits per heavy atom. The molecule has 2 heteroatoms. The molecular formula is C18H25NO. The van der Waals surface area contributed by atoms with Gasteiger partial charge in [-0.25, -0.2) is 0 Å². The van der Waals surface area contributed by atoms with Crippen LogP contribution in [-0.2, 0) is 6.42 Å². The summed E-state index contributed by atoms with van der Waals surface area (Å²) in [7, 11) is 0. The third-order valence-electron chi connectivity index (χ3n) is 5.19. The van der Waals surface area contributed by atoms with E-state index in [1.165, 1.54) is 31.2 Å². The highest BCUT2D eigenvalue weighted by atomic mass is 16.1. The Balaban J connectivity index is 1.88. The monoisotopic (exact) mass is 271 g/mol. The van der Waals surface area contributed by atoms with Crippen molar-refractivity contribution in [2.45, 2.75) is 57.4 Å². The SMILES string of the molecule is CCc1ccc(C(=O)C2(N3CCCC3)CCCC2)cc1. The van der Waals surface area contributed by atoms with Crippen LogP contribution in [0.5, 0.6) is 0 Å². The van der Waals surface area contributed by atoms with Gasteiger partial charge in [0.05, 0.1) is 5.54 Å². The van der Waals surface area contributed by atoms with Gasteiger partial charge in [0.2, 0.25) is 0 Å². The van der Waals surface area contributed by atoms with Gasteiger partial charge in [0, 0.05) is 5.56 Å². The number of nitrogens with zero attached hydrogens (tertiary/aromatic N) is 1. The first-order chi connectivity index (χ1) is 9.76. The van der Waals surface area contributed by atoms with E-state index in [1.54, 1.807) is 0 Å². The average molecular weight is 271 g/mol. The third kappa shape index (κ3) is 2.31. The van der Waals surface area contributed by atoms with Crippen molar-refractivity contribution in [2.24, 2.45) is 0 Å². The minimum Gasteiger partial charge on any atom is -0.292 e. The van der Waals surface area contributed by atoms with Gasteiger partial charge in [-0.3, -0.25) is 9.69 Å². The maximum absolute atomic E-state index is 13.1. The Hall–Kier alpha value is -1.15. The van der Waals surface area contributed by atoms with Crippen LogP contribution in [-0.4, -0.2) is 29.3 Å². The Morgan fingerprint density at radius 1 is 1.05 bits per heavy atom. The molecule has 1 aliphatic heterocycles. The summed E-state index contributed by atoms with van der Waals surface area (Å²) in [6, 6.07) is 8.30. The van der Waals surface area contributed by atoms with Crippen LogP contribution >= 0.6 is 0 Å². The first-order valence-electron chi connectivity index (χ1n) is 8.15. The Bertz CT molecular complexity index is 465. The van der Waals surface area contributed by atoms with Gasteiger partial charge < -0.3 is 0 Å².